The van der Waals surface area contributed by atoms with Gasteiger partial charge < -0.3 is 5.11 Å². The number of aliphatic hydroxyl groups excluding tert-OH is 1. The van der Waals surface area contributed by atoms with Crippen molar-refractivity contribution in [2.24, 2.45) is 5.41 Å². The van der Waals surface area contributed by atoms with Gasteiger partial charge in [-0.3, -0.25) is 0 Å². The van der Waals surface area contributed by atoms with E-state index in [0.29, 0.717) is 0 Å². The fourth-order valence-corrected chi connectivity index (χ4v) is 1.64. The SMILES string of the molecule is CC(C)(C)C(O)CC1=CCCCC1. The highest BCUT2D eigenvalue weighted by Crippen LogP contribution is 2.28. The number of aliphatic hydroxyl groups is 1. The zero-order valence-electron chi connectivity index (χ0n) is 9.14. The lowest BCUT2D eigenvalue weighted by Crippen LogP contribution is -2.26. The highest BCUT2D eigenvalue weighted by Gasteiger charge is 2.23. The fourth-order valence-electron chi connectivity index (χ4n) is 1.64. The summed E-state index contributed by atoms with van der Waals surface area (Å²) in [6.07, 6.45) is 8.07. The summed E-state index contributed by atoms with van der Waals surface area (Å²) in [7, 11) is 0. The minimum absolute atomic E-state index is 0.0261. The Labute approximate surface area is 81.9 Å². The third kappa shape index (κ3) is 3.51. The summed E-state index contributed by atoms with van der Waals surface area (Å²) in [5.74, 6) is 0. The van der Waals surface area contributed by atoms with Crippen molar-refractivity contribution in [1.82, 2.24) is 0 Å². The van der Waals surface area contributed by atoms with Crippen LogP contribution < -0.4 is 0 Å². The van der Waals surface area contributed by atoms with Crippen molar-refractivity contribution in [3.05, 3.63) is 11.6 Å². The maximum Gasteiger partial charge on any atom is 0.0625 e. The summed E-state index contributed by atoms with van der Waals surface area (Å²) in [5, 5.41) is 9.90. The first-order valence-corrected chi connectivity index (χ1v) is 5.36. The van der Waals surface area contributed by atoms with Crippen molar-refractivity contribution in [1.29, 1.82) is 0 Å². The van der Waals surface area contributed by atoms with Crippen molar-refractivity contribution in [2.75, 3.05) is 0 Å². The molecule has 0 bridgehead atoms. The van der Waals surface area contributed by atoms with Gasteiger partial charge in [0.25, 0.3) is 0 Å². The molecule has 76 valence electrons. The molecule has 0 amide bonds. The van der Waals surface area contributed by atoms with E-state index >= 15 is 0 Å². The highest BCUT2D eigenvalue weighted by atomic mass is 16.3. The summed E-state index contributed by atoms with van der Waals surface area (Å²) >= 11 is 0. The van der Waals surface area contributed by atoms with Crippen LogP contribution in [0.1, 0.15) is 52.9 Å². The van der Waals surface area contributed by atoms with Crippen LogP contribution in [0.15, 0.2) is 11.6 Å². The Hall–Kier alpha value is -0.300. The van der Waals surface area contributed by atoms with E-state index in [9.17, 15) is 5.11 Å². The average molecular weight is 182 g/mol. The van der Waals surface area contributed by atoms with E-state index in [2.05, 4.69) is 26.8 Å². The molecule has 1 nitrogen and oxygen atoms in total. The van der Waals surface area contributed by atoms with Gasteiger partial charge in [-0.15, -0.1) is 0 Å². The molecule has 0 heterocycles. The van der Waals surface area contributed by atoms with Crippen LogP contribution in [0, 0.1) is 5.41 Å². The summed E-state index contributed by atoms with van der Waals surface area (Å²) < 4.78 is 0. The average Bonchev–Trinajstić information content (AvgIpc) is 2.04. The molecule has 0 aliphatic heterocycles. The molecule has 0 saturated carbocycles. The van der Waals surface area contributed by atoms with Crippen molar-refractivity contribution in [3.63, 3.8) is 0 Å². The lowest BCUT2D eigenvalue weighted by molar-refractivity contribution is 0.0626. The molecular formula is C12H22O. The monoisotopic (exact) mass is 182 g/mol. The molecule has 1 heteroatoms. The number of hydrogen-bond acceptors (Lipinski definition) is 1. The normalized spacial score (nSPS) is 21.1. The molecular weight excluding hydrogens is 160 g/mol. The summed E-state index contributed by atoms with van der Waals surface area (Å²) in [4.78, 5) is 0. The summed E-state index contributed by atoms with van der Waals surface area (Å²) in [5.41, 5.74) is 1.49. The van der Waals surface area contributed by atoms with Crippen molar-refractivity contribution < 1.29 is 5.11 Å². The van der Waals surface area contributed by atoms with E-state index in [-0.39, 0.29) is 11.5 Å². The van der Waals surface area contributed by atoms with E-state index in [4.69, 9.17) is 0 Å². The minimum atomic E-state index is -0.183. The largest absolute Gasteiger partial charge is 0.392 e. The Morgan fingerprint density at radius 1 is 1.38 bits per heavy atom. The summed E-state index contributed by atoms with van der Waals surface area (Å²) in [6, 6.07) is 0. The number of hydrogen-bond donors (Lipinski definition) is 1. The van der Waals surface area contributed by atoms with Gasteiger partial charge in [0.15, 0.2) is 0 Å². The first-order valence-electron chi connectivity index (χ1n) is 5.36. The second-order valence-electron chi connectivity index (χ2n) is 5.19. The third-order valence-corrected chi connectivity index (χ3v) is 2.84. The lowest BCUT2D eigenvalue weighted by atomic mass is 9.83. The van der Waals surface area contributed by atoms with Crippen molar-refractivity contribution in [3.8, 4) is 0 Å². The molecule has 0 fully saturated rings. The second kappa shape index (κ2) is 4.28. The Bertz CT molecular complexity index is 186. The van der Waals surface area contributed by atoms with Gasteiger partial charge >= 0.3 is 0 Å². The van der Waals surface area contributed by atoms with Crippen LogP contribution in [0.5, 0.6) is 0 Å². The smallest absolute Gasteiger partial charge is 0.0625 e. The van der Waals surface area contributed by atoms with Crippen LogP contribution in [-0.2, 0) is 0 Å². The topological polar surface area (TPSA) is 20.2 Å². The molecule has 0 aromatic heterocycles. The second-order valence-corrected chi connectivity index (χ2v) is 5.19. The number of rotatable bonds is 2. The number of allylic oxidation sites excluding steroid dienone is 1. The molecule has 1 aliphatic carbocycles. The predicted molar refractivity (Wildman–Crippen MR) is 56.6 cm³/mol. The third-order valence-electron chi connectivity index (χ3n) is 2.84. The van der Waals surface area contributed by atoms with E-state index in [1.807, 2.05) is 0 Å². The van der Waals surface area contributed by atoms with E-state index in [1.165, 1.54) is 31.3 Å². The predicted octanol–water partition coefficient (Wildman–Crippen LogP) is 3.28. The Morgan fingerprint density at radius 3 is 2.54 bits per heavy atom. The zero-order valence-corrected chi connectivity index (χ0v) is 9.14. The fraction of sp³-hybridized carbons (Fsp3) is 0.833. The molecule has 0 aromatic carbocycles. The van der Waals surface area contributed by atoms with E-state index in [0.717, 1.165) is 6.42 Å². The molecule has 1 aliphatic rings. The first-order chi connectivity index (χ1) is 6.00. The van der Waals surface area contributed by atoms with Gasteiger partial charge in [-0.2, -0.15) is 0 Å². The summed E-state index contributed by atoms with van der Waals surface area (Å²) in [6.45, 7) is 6.29. The molecule has 1 N–H and O–H groups in total. The van der Waals surface area contributed by atoms with Crippen molar-refractivity contribution in [2.45, 2.75) is 59.0 Å². The van der Waals surface area contributed by atoms with Gasteiger partial charge in [-0.25, -0.2) is 0 Å². The van der Waals surface area contributed by atoms with Crippen LogP contribution in [-0.4, -0.2) is 11.2 Å². The van der Waals surface area contributed by atoms with Gasteiger partial charge in [-0.05, 0) is 37.5 Å². The van der Waals surface area contributed by atoms with Crippen LogP contribution >= 0.6 is 0 Å². The quantitative estimate of drug-likeness (QED) is 0.650. The molecule has 1 atom stereocenters. The maximum absolute atomic E-state index is 9.90. The van der Waals surface area contributed by atoms with Gasteiger partial charge in [0.1, 0.15) is 0 Å². The molecule has 0 spiro atoms. The maximum atomic E-state index is 9.90. The van der Waals surface area contributed by atoms with E-state index in [1.54, 1.807) is 0 Å². The van der Waals surface area contributed by atoms with Gasteiger partial charge in [0.05, 0.1) is 6.10 Å². The molecule has 13 heavy (non-hydrogen) atoms. The molecule has 0 radical (unpaired) electrons. The van der Waals surface area contributed by atoms with Gasteiger partial charge in [0, 0.05) is 0 Å². The van der Waals surface area contributed by atoms with Crippen LogP contribution in [0.4, 0.5) is 0 Å². The Balaban J connectivity index is 2.43. The zero-order chi connectivity index (χ0) is 9.90. The molecule has 0 aromatic rings. The Kier molecular flexibility index (Phi) is 3.55. The lowest BCUT2D eigenvalue weighted by Gasteiger charge is -2.27. The van der Waals surface area contributed by atoms with Gasteiger partial charge in [0.2, 0.25) is 0 Å². The molecule has 1 rings (SSSR count). The van der Waals surface area contributed by atoms with Crippen LogP contribution in [0.3, 0.4) is 0 Å². The van der Waals surface area contributed by atoms with Crippen LogP contribution in [0.2, 0.25) is 0 Å². The molecule has 1 unspecified atom stereocenters. The van der Waals surface area contributed by atoms with Crippen LogP contribution in [0.25, 0.3) is 0 Å². The first kappa shape index (κ1) is 10.8. The Morgan fingerprint density at radius 2 is 2.08 bits per heavy atom. The van der Waals surface area contributed by atoms with E-state index < -0.39 is 0 Å². The molecule has 0 saturated heterocycles. The minimum Gasteiger partial charge on any atom is -0.392 e. The highest BCUT2D eigenvalue weighted by molar-refractivity contribution is 5.07. The standard InChI is InChI=1S/C12H22O/c1-12(2,3)11(13)9-10-7-5-4-6-8-10/h7,11,13H,4-6,8-9H2,1-3H3. The van der Waals surface area contributed by atoms with Gasteiger partial charge in [-0.1, -0.05) is 32.4 Å². The van der Waals surface area contributed by atoms with Crippen molar-refractivity contribution >= 4 is 0 Å².